The van der Waals surface area contributed by atoms with E-state index in [2.05, 4.69) is 23.0 Å². The first-order valence-corrected chi connectivity index (χ1v) is 11.4. The molecular weight excluding hydrogens is 430 g/mol. The number of nitrogens with zero attached hydrogens (tertiary/aromatic N) is 1. The van der Waals surface area contributed by atoms with Crippen LogP contribution in [0.3, 0.4) is 0 Å². The summed E-state index contributed by atoms with van der Waals surface area (Å²) in [5, 5.41) is 3.11. The average Bonchev–Trinajstić information content (AvgIpc) is 3.38. The first-order valence-electron chi connectivity index (χ1n) is 11.4. The molecule has 1 aliphatic heterocycles. The van der Waals surface area contributed by atoms with E-state index in [-0.39, 0.29) is 6.10 Å². The van der Waals surface area contributed by atoms with Crippen LogP contribution < -0.4 is 30.7 Å². The van der Waals surface area contributed by atoms with Gasteiger partial charge in [0.25, 0.3) is 0 Å². The average molecular weight is 462 g/mol. The van der Waals surface area contributed by atoms with Crippen molar-refractivity contribution in [3.05, 3.63) is 68.6 Å². The number of aromatic amines is 2. The van der Waals surface area contributed by atoms with Crippen LogP contribution >= 0.6 is 0 Å². The van der Waals surface area contributed by atoms with Crippen molar-refractivity contribution in [2.75, 3.05) is 0 Å². The Morgan fingerprint density at radius 2 is 1.85 bits per heavy atom. The first-order chi connectivity index (χ1) is 16.0. The SMILES string of the molecule is Cc1cc(C)c(/C=c2\[nH]c(=C3C=c4c(OC(=O)OC(C)(C)C)cccc4=N3)cc2OC(C)C)[nH]1. The second kappa shape index (κ2) is 8.89. The van der Waals surface area contributed by atoms with Crippen LogP contribution in [0.2, 0.25) is 0 Å². The Bertz CT molecular complexity index is 1480. The number of hydrogen-bond acceptors (Lipinski definition) is 5. The van der Waals surface area contributed by atoms with Gasteiger partial charge in [0.2, 0.25) is 0 Å². The van der Waals surface area contributed by atoms with Crippen molar-refractivity contribution in [3.63, 3.8) is 0 Å². The van der Waals surface area contributed by atoms with E-state index >= 15 is 0 Å². The number of ether oxygens (including phenoxy) is 3. The van der Waals surface area contributed by atoms with Crippen molar-refractivity contribution in [2.24, 2.45) is 4.99 Å². The van der Waals surface area contributed by atoms with Crippen molar-refractivity contribution in [1.82, 2.24) is 9.97 Å². The lowest BCUT2D eigenvalue weighted by Crippen LogP contribution is -2.29. The molecule has 0 unspecified atom stereocenters. The molecule has 0 amide bonds. The van der Waals surface area contributed by atoms with Gasteiger partial charge in [-0.3, -0.25) is 0 Å². The Morgan fingerprint density at radius 3 is 2.50 bits per heavy atom. The molecule has 3 heterocycles. The fourth-order valence-electron chi connectivity index (χ4n) is 3.75. The van der Waals surface area contributed by atoms with Gasteiger partial charge in [0, 0.05) is 22.7 Å². The number of fused-ring (bicyclic) bond motifs is 1. The number of rotatable bonds is 4. The number of hydrogen-bond donors (Lipinski definition) is 2. The zero-order valence-electron chi connectivity index (χ0n) is 20.7. The van der Waals surface area contributed by atoms with Gasteiger partial charge in [0.15, 0.2) is 0 Å². The molecule has 7 heteroatoms. The molecule has 0 saturated carbocycles. The molecule has 1 aromatic carbocycles. The Morgan fingerprint density at radius 1 is 1.09 bits per heavy atom. The second-order valence-electron chi connectivity index (χ2n) is 9.72. The number of carbonyl (C=O) groups is 1. The van der Waals surface area contributed by atoms with Crippen molar-refractivity contribution >= 4 is 24.0 Å². The van der Waals surface area contributed by atoms with Crippen LogP contribution in [0.25, 0.3) is 17.8 Å². The van der Waals surface area contributed by atoms with E-state index in [0.717, 1.165) is 49.7 Å². The maximum absolute atomic E-state index is 12.2. The minimum atomic E-state index is -0.747. The van der Waals surface area contributed by atoms with Crippen LogP contribution in [0.5, 0.6) is 11.5 Å². The van der Waals surface area contributed by atoms with E-state index in [1.54, 1.807) is 32.9 Å². The standard InChI is InChI=1S/C27H31N3O4/c1-15(2)32-25-14-22(30-23(25)13-20-16(3)11-17(4)28-20)21-12-18-19(29-21)9-8-10-24(18)33-26(31)34-27(5,6)7/h8-15,28,30H,1-7H3/b22-21?,23-13-. The topological polar surface area (TPSA) is 88.7 Å². The monoisotopic (exact) mass is 461 g/mol. The van der Waals surface area contributed by atoms with E-state index in [1.807, 2.05) is 45.1 Å². The molecule has 2 aromatic heterocycles. The summed E-state index contributed by atoms with van der Waals surface area (Å²) in [6, 6.07) is 9.47. The van der Waals surface area contributed by atoms with E-state index in [4.69, 9.17) is 19.2 Å². The fourth-order valence-corrected chi connectivity index (χ4v) is 3.75. The molecule has 34 heavy (non-hydrogen) atoms. The number of aromatic nitrogens is 2. The van der Waals surface area contributed by atoms with Gasteiger partial charge in [0.1, 0.15) is 17.1 Å². The number of carbonyl (C=O) groups excluding carboxylic acids is 1. The normalized spacial score (nSPS) is 15.1. The van der Waals surface area contributed by atoms with Crippen LogP contribution in [0.15, 0.2) is 35.3 Å². The highest BCUT2D eigenvalue weighted by molar-refractivity contribution is 5.78. The van der Waals surface area contributed by atoms with Gasteiger partial charge in [-0.05, 0) is 84.4 Å². The molecular formula is C27H31N3O4. The molecule has 2 N–H and O–H groups in total. The Labute approximate surface area is 198 Å². The highest BCUT2D eigenvalue weighted by atomic mass is 16.7. The zero-order chi connectivity index (χ0) is 24.6. The highest BCUT2D eigenvalue weighted by Gasteiger charge is 2.19. The van der Waals surface area contributed by atoms with E-state index in [0.29, 0.717) is 5.75 Å². The largest absolute Gasteiger partial charge is 0.514 e. The third kappa shape index (κ3) is 5.25. The van der Waals surface area contributed by atoms with Crippen molar-refractivity contribution in [1.29, 1.82) is 0 Å². The highest BCUT2D eigenvalue weighted by Crippen LogP contribution is 2.14. The number of aryl methyl sites for hydroxylation is 2. The fraction of sp³-hybridized carbons (Fsp3) is 0.333. The van der Waals surface area contributed by atoms with Crippen molar-refractivity contribution in [3.8, 4) is 11.5 Å². The van der Waals surface area contributed by atoms with Crippen LogP contribution in [0.1, 0.15) is 51.6 Å². The molecule has 0 bridgehead atoms. The van der Waals surface area contributed by atoms with Crippen LogP contribution in [0, 0.1) is 13.8 Å². The van der Waals surface area contributed by atoms with Gasteiger partial charge in [0.05, 0.1) is 27.9 Å². The molecule has 0 radical (unpaired) electrons. The molecule has 0 fully saturated rings. The second-order valence-corrected chi connectivity index (χ2v) is 9.72. The summed E-state index contributed by atoms with van der Waals surface area (Å²) in [6.07, 6.45) is 3.21. The zero-order valence-corrected chi connectivity index (χ0v) is 20.7. The predicted molar refractivity (Wildman–Crippen MR) is 132 cm³/mol. The van der Waals surface area contributed by atoms with Crippen LogP contribution in [0.4, 0.5) is 4.79 Å². The lowest BCUT2D eigenvalue weighted by atomic mass is 10.2. The molecule has 1 aliphatic rings. The number of benzene rings is 1. The van der Waals surface area contributed by atoms with Gasteiger partial charge in [-0.15, -0.1) is 0 Å². The van der Waals surface area contributed by atoms with Crippen LogP contribution in [-0.4, -0.2) is 27.8 Å². The smallest absolute Gasteiger partial charge is 0.489 e. The Kier molecular flexibility index (Phi) is 6.13. The summed E-state index contributed by atoms with van der Waals surface area (Å²) >= 11 is 0. The van der Waals surface area contributed by atoms with Crippen molar-refractivity contribution in [2.45, 2.75) is 60.2 Å². The Hall–Kier alpha value is -3.74. The minimum absolute atomic E-state index is 0.0165. The van der Waals surface area contributed by atoms with E-state index in [9.17, 15) is 4.79 Å². The molecule has 7 nitrogen and oxygen atoms in total. The molecule has 178 valence electrons. The molecule has 0 saturated heterocycles. The third-order valence-electron chi connectivity index (χ3n) is 5.08. The van der Waals surface area contributed by atoms with Gasteiger partial charge >= 0.3 is 6.16 Å². The predicted octanol–water partition coefficient (Wildman–Crippen LogP) is 3.11. The molecule has 0 aliphatic carbocycles. The maximum Gasteiger partial charge on any atom is 0.514 e. The van der Waals surface area contributed by atoms with Gasteiger partial charge in [-0.25, -0.2) is 9.79 Å². The lowest BCUT2D eigenvalue weighted by molar-refractivity contribution is 0.0204. The summed E-state index contributed by atoms with van der Waals surface area (Å²) in [5.41, 5.74) is 3.37. The molecule has 0 atom stereocenters. The number of H-pyrrole nitrogens is 2. The molecule has 0 spiro atoms. The number of nitrogens with one attached hydrogen (secondary N) is 2. The lowest BCUT2D eigenvalue weighted by Gasteiger charge is -2.18. The van der Waals surface area contributed by atoms with Crippen molar-refractivity contribution < 1.29 is 19.0 Å². The molecule has 3 aromatic rings. The molecule has 4 rings (SSSR count). The third-order valence-corrected chi connectivity index (χ3v) is 5.08. The summed E-state index contributed by atoms with van der Waals surface area (Å²) in [4.78, 5) is 23.8. The first kappa shape index (κ1) is 23.4. The van der Waals surface area contributed by atoms with Crippen LogP contribution in [-0.2, 0) is 4.74 Å². The van der Waals surface area contributed by atoms with Gasteiger partial charge in [-0.1, -0.05) is 6.07 Å². The van der Waals surface area contributed by atoms with Gasteiger partial charge < -0.3 is 24.2 Å². The van der Waals surface area contributed by atoms with Gasteiger partial charge in [-0.2, -0.15) is 0 Å². The Balaban J connectivity index is 1.80. The quantitative estimate of drug-likeness (QED) is 0.462. The summed E-state index contributed by atoms with van der Waals surface area (Å²) in [5.74, 6) is 1.15. The van der Waals surface area contributed by atoms with E-state index in [1.165, 1.54) is 0 Å². The van der Waals surface area contributed by atoms with E-state index < -0.39 is 11.8 Å². The summed E-state index contributed by atoms with van der Waals surface area (Å²) in [7, 11) is 0. The summed E-state index contributed by atoms with van der Waals surface area (Å²) in [6.45, 7) is 13.5. The maximum atomic E-state index is 12.2. The minimum Gasteiger partial charge on any atom is -0.489 e. The summed E-state index contributed by atoms with van der Waals surface area (Å²) < 4.78 is 16.9.